The molecule has 1 heterocycles. The summed E-state index contributed by atoms with van der Waals surface area (Å²) in [5.74, 6) is -1.08. The summed E-state index contributed by atoms with van der Waals surface area (Å²) >= 11 is 5.84. The molecule has 26 heavy (non-hydrogen) atoms. The molecule has 0 aliphatic rings. The first-order chi connectivity index (χ1) is 12.2. The van der Waals surface area contributed by atoms with Crippen molar-refractivity contribution in [2.24, 2.45) is 0 Å². The summed E-state index contributed by atoms with van der Waals surface area (Å²) in [7, 11) is 2.85. The Bertz CT molecular complexity index is 855. The number of nitrogens with zero attached hydrogens (tertiary/aromatic N) is 1. The van der Waals surface area contributed by atoms with Crippen molar-refractivity contribution >= 4 is 29.3 Å². The molecule has 6 nitrogen and oxygen atoms in total. The number of aromatic amines is 1. The Hall–Kier alpha value is -2.60. The number of esters is 1. The van der Waals surface area contributed by atoms with Gasteiger partial charge in [-0.2, -0.15) is 0 Å². The second-order valence-electron chi connectivity index (χ2n) is 6.08. The number of aryl methyl sites for hydroxylation is 1. The lowest BCUT2D eigenvalue weighted by Crippen LogP contribution is -2.40. The maximum absolute atomic E-state index is 13.0. The molecule has 0 bridgehead atoms. The average Bonchev–Trinajstić information content (AvgIpc) is 2.93. The van der Waals surface area contributed by atoms with Crippen LogP contribution < -0.4 is 0 Å². The fourth-order valence-electron chi connectivity index (χ4n) is 2.78. The van der Waals surface area contributed by atoms with E-state index in [1.165, 1.54) is 12.0 Å². The number of nitrogens with one attached hydrogen (secondary N) is 1. The van der Waals surface area contributed by atoms with Gasteiger partial charge in [0.15, 0.2) is 5.78 Å². The highest BCUT2D eigenvalue weighted by Crippen LogP contribution is 2.22. The van der Waals surface area contributed by atoms with Crippen LogP contribution in [0.3, 0.4) is 0 Å². The third-order valence-corrected chi connectivity index (χ3v) is 4.70. The first-order valence-electron chi connectivity index (χ1n) is 8.03. The van der Waals surface area contributed by atoms with Crippen LogP contribution in [0.4, 0.5) is 0 Å². The average molecular weight is 377 g/mol. The van der Waals surface area contributed by atoms with Gasteiger partial charge in [-0.05, 0) is 50.6 Å². The molecule has 1 amide bonds. The number of likely N-dealkylation sites (N-methyl/N-ethyl adjacent to an activating group) is 1. The number of hydrogen-bond acceptors (Lipinski definition) is 4. The predicted molar refractivity (Wildman–Crippen MR) is 98.9 cm³/mol. The monoisotopic (exact) mass is 376 g/mol. The lowest BCUT2D eigenvalue weighted by molar-refractivity contribution is 0.0593. The standard InChI is InChI=1S/C19H21ClN2O4/c1-10-15(11(2)21-16(10)19(25)26-5)17(23)12(3)22(4)18(24)13-6-8-14(20)9-7-13/h6-9,12,21H,1-5H3/t12-/m0/s1. The van der Waals surface area contributed by atoms with Crippen molar-refractivity contribution in [3.8, 4) is 0 Å². The lowest BCUT2D eigenvalue weighted by atomic mass is 9.99. The molecule has 1 aromatic carbocycles. The van der Waals surface area contributed by atoms with Gasteiger partial charge in [0.25, 0.3) is 5.91 Å². The van der Waals surface area contributed by atoms with Gasteiger partial charge in [0.2, 0.25) is 0 Å². The van der Waals surface area contributed by atoms with Gasteiger partial charge in [0.05, 0.1) is 13.2 Å². The number of halogens is 1. The van der Waals surface area contributed by atoms with Crippen LogP contribution in [0.2, 0.25) is 5.02 Å². The van der Waals surface area contributed by atoms with Gasteiger partial charge >= 0.3 is 5.97 Å². The number of Topliss-reactive ketones (excluding diaryl/α,β-unsaturated/α-hetero) is 1. The minimum absolute atomic E-state index is 0.243. The number of ketones is 1. The van der Waals surface area contributed by atoms with E-state index >= 15 is 0 Å². The zero-order valence-electron chi connectivity index (χ0n) is 15.3. The summed E-state index contributed by atoms with van der Waals surface area (Å²) in [4.78, 5) is 41.6. The Labute approximate surface area is 157 Å². The van der Waals surface area contributed by atoms with Crippen LogP contribution >= 0.6 is 11.6 Å². The number of carbonyl (C=O) groups excluding carboxylic acids is 3. The third-order valence-electron chi connectivity index (χ3n) is 4.45. The number of ether oxygens (including phenoxy) is 1. The van der Waals surface area contributed by atoms with E-state index in [9.17, 15) is 14.4 Å². The number of benzene rings is 1. The fourth-order valence-corrected chi connectivity index (χ4v) is 2.91. The van der Waals surface area contributed by atoms with Gasteiger partial charge in [-0.25, -0.2) is 4.79 Å². The molecule has 1 atom stereocenters. The van der Waals surface area contributed by atoms with Crippen molar-refractivity contribution in [1.29, 1.82) is 0 Å². The Balaban J connectivity index is 2.29. The fraction of sp³-hybridized carbons (Fsp3) is 0.316. The number of carbonyl (C=O) groups is 3. The van der Waals surface area contributed by atoms with Crippen LogP contribution in [0, 0.1) is 13.8 Å². The van der Waals surface area contributed by atoms with Crippen LogP contribution in [0.25, 0.3) is 0 Å². The van der Waals surface area contributed by atoms with Crippen LogP contribution in [-0.2, 0) is 4.74 Å². The number of H-pyrrole nitrogens is 1. The molecule has 1 aromatic heterocycles. The summed E-state index contributed by atoms with van der Waals surface area (Å²) in [6.07, 6.45) is 0. The molecule has 0 radical (unpaired) electrons. The molecule has 0 aliphatic heterocycles. The topological polar surface area (TPSA) is 79.5 Å². The molecule has 0 spiro atoms. The van der Waals surface area contributed by atoms with Crippen LogP contribution in [-0.4, -0.2) is 47.7 Å². The van der Waals surface area contributed by atoms with E-state index in [2.05, 4.69) is 4.98 Å². The minimum Gasteiger partial charge on any atom is -0.464 e. The first kappa shape index (κ1) is 19.7. The van der Waals surface area contributed by atoms with E-state index < -0.39 is 12.0 Å². The number of methoxy groups -OCH3 is 1. The molecule has 0 aliphatic carbocycles. The summed E-state index contributed by atoms with van der Waals surface area (Å²) in [5.41, 5.74) is 2.15. The molecule has 1 N–H and O–H groups in total. The molecular weight excluding hydrogens is 356 g/mol. The minimum atomic E-state index is -0.711. The maximum Gasteiger partial charge on any atom is 0.354 e. The molecule has 0 saturated heterocycles. The molecule has 2 rings (SSSR count). The Morgan fingerprint density at radius 3 is 2.27 bits per heavy atom. The Morgan fingerprint density at radius 1 is 1.15 bits per heavy atom. The van der Waals surface area contributed by atoms with Crippen molar-refractivity contribution in [2.75, 3.05) is 14.2 Å². The van der Waals surface area contributed by atoms with Crippen molar-refractivity contribution in [3.05, 3.63) is 57.4 Å². The molecule has 2 aromatic rings. The molecule has 138 valence electrons. The van der Waals surface area contributed by atoms with Crippen molar-refractivity contribution in [3.63, 3.8) is 0 Å². The first-order valence-corrected chi connectivity index (χ1v) is 8.41. The van der Waals surface area contributed by atoms with Gasteiger partial charge in [-0.3, -0.25) is 9.59 Å². The smallest absolute Gasteiger partial charge is 0.354 e. The zero-order valence-corrected chi connectivity index (χ0v) is 16.1. The van der Waals surface area contributed by atoms with Crippen LogP contribution in [0.15, 0.2) is 24.3 Å². The molecular formula is C19H21ClN2O4. The van der Waals surface area contributed by atoms with Gasteiger partial charge in [-0.1, -0.05) is 11.6 Å². The highest BCUT2D eigenvalue weighted by Gasteiger charge is 2.29. The molecule has 7 heteroatoms. The molecule has 0 fully saturated rings. The van der Waals surface area contributed by atoms with Crippen LogP contribution in [0.1, 0.15) is 49.4 Å². The van der Waals surface area contributed by atoms with Gasteiger partial charge in [0, 0.05) is 28.9 Å². The van der Waals surface area contributed by atoms with E-state index in [4.69, 9.17) is 16.3 Å². The van der Waals surface area contributed by atoms with Gasteiger partial charge in [0.1, 0.15) is 5.69 Å². The second-order valence-corrected chi connectivity index (χ2v) is 6.52. The number of amides is 1. The summed E-state index contributed by atoms with van der Waals surface area (Å²) in [6.45, 7) is 5.04. The number of rotatable bonds is 5. The van der Waals surface area contributed by atoms with Crippen molar-refractivity contribution in [1.82, 2.24) is 9.88 Å². The van der Waals surface area contributed by atoms with Crippen molar-refractivity contribution < 1.29 is 19.1 Å². The van der Waals surface area contributed by atoms with Crippen LogP contribution in [0.5, 0.6) is 0 Å². The van der Waals surface area contributed by atoms with E-state index in [-0.39, 0.29) is 17.4 Å². The van der Waals surface area contributed by atoms with E-state index in [1.807, 2.05) is 0 Å². The largest absolute Gasteiger partial charge is 0.464 e. The SMILES string of the molecule is COC(=O)c1[nH]c(C)c(C(=O)[C@H](C)N(C)C(=O)c2ccc(Cl)cc2)c1C. The Kier molecular flexibility index (Phi) is 5.87. The van der Waals surface area contributed by atoms with E-state index in [1.54, 1.807) is 52.1 Å². The normalized spacial score (nSPS) is 11.8. The van der Waals surface area contributed by atoms with Gasteiger partial charge in [-0.15, -0.1) is 0 Å². The third kappa shape index (κ3) is 3.65. The van der Waals surface area contributed by atoms with Crippen molar-refractivity contribution in [2.45, 2.75) is 26.8 Å². The summed E-state index contributed by atoms with van der Waals surface area (Å²) < 4.78 is 4.72. The maximum atomic E-state index is 13.0. The van der Waals surface area contributed by atoms with Gasteiger partial charge < -0.3 is 14.6 Å². The number of hydrogen-bond donors (Lipinski definition) is 1. The van der Waals surface area contributed by atoms with E-state index in [0.717, 1.165) is 0 Å². The molecule has 0 unspecified atom stereocenters. The summed E-state index contributed by atoms with van der Waals surface area (Å²) in [5, 5.41) is 0.530. The summed E-state index contributed by atoms with van der Waals surface area (Å²) in [6, 6.07) is 5.76. The number of aromatic nitrogens is 1. The molecule has 0 saturated carbocycles. The second kappa shape index (κ2) is 7.74. The Morgan fingerprint density at radius 2 is 1.73 bits per heavy atom. The predicted octanol–water partition coefficient (Wildman–Crippen LogP) is 3.41. The highest BCUT2D eigenvalue weighted by molar-refractivity contribution is 6.30. The highest BCUT2D eigenvalue weighted by atomic mass is 35.5. The van der Waals surface area contributed by atoms with E-state index in [0.29, 0.717) is 27.4 Å². The zero-order chi connectivity index (χ0) is 19.6. The lowest BCUT2D eigenvalue weighted by Gasteiger charge is -2.24. The quantitative estimate of drug-likeness (QED) is 0.640.